The molecule has 4 rings (SSSR count). The number of hydrogen-bond donors (Lipinski definition) is 1. The van der Waals surface area contributed by atoms with Gasteiger partial charge in [-0.3, -0.25) is 4.79 Å². The summed E-state index contributed by atoms with van der Waals surface area (Å²) in [5.74, 6) is 0.708. The van der Waals surface area contributed by atoms with Gasteiger partial charge < -0.3 is 9.88 Å². The van der Waals surface area contributed by atoms with Crippen LogP contribution in [0.4, 0.5) is 5.69 Å². The zero-order valence-corrected chi connectivity index (χ0v) is 16.9. The molecule has 0 spiro atoms. The molecule has 0 radical (unpaired) electrons. The molecular formula is C20H20N4OS2. The molecular weight excluding hydrogens is 376 g/mol. The number of thioether (sulfide) groups is 1. The van der Waals surface area contributed by atoms with Crippen LogP contribution >= 0.6 is 23.1 Å². The standard InChI is InChI=1S/C20H20N4OS2/c1-3-24-17-7-5-4-6-15(17)16-12-14(8-9-18(16)24)21-19(25)10-11-26-20-23-22-13(2)27-20/h4-9,12H,3,10-11H2,1-2H3,(H,21,25). The van der Waals surface area contributed by atoms with Crippen molar-refractivity contribution in [3.8, 4) is 0 Å². The van der Waals surface area contributed by atoms with Gasteiger partial charge in [-0.05, 0) is 38.1 Å². The first-order valence-corrected chi connectivity index (χ1v) is 10.7. The Morgan fingerprint density at radius 2 is 1.96 bits per heavy atom. The lowest BCUT2D eigenvalue weighted by Gasteiger charge is -2.06. The molecule has 2 aromatic heterocycles. The van der Waals surface area contributed by atoms with E-state index in [1.54, 1.807) is 23.1 Å². The van der Waals surface area contributed by atoms with Gasteiger partial charge in [0.25, 0.3) is 0 Å². The van der Waals surface area contributed by atoms with Crippen molar-refractivity contribution < 1.29 is 4.79 Å². The molecule has 7 heteroatoms. The Kier molecular flexibility index (Phi) is 5.13. The van der Waals surface area contributed by atoms with E-state index < -0.39 is 0 Å². The third kappa shape index (κ3) is 3.70. The molecule has 0 bridgehead atoms. The lowest BCUT2D eigenvalue weighted by Crippen LogP contribution is -2.12. The highest BCUT2D eigenvalue weighted by Crippen LogP contribution is 2.31. The molecule has 138 valence electrons. The van der Waals surface area contributed by atoms with E-state index in [2.05, 4.69) is 63.4 Å². The fraction of sp³-hybridized carbons (Fsp3) is 0.250. The molecule has 0 saturated heterocycles. The number of anilines is 1. The number of fused-ring (bicyclic) bond motifs is 3. The van der Waals surface area contributed by atoms with Crippen LogP contribution in [0.3, 0.4) is 0 Å². The minimum absolute atomic E-state index is 0.0160. The van der Waals surface area contributed by atoms with E-state index in [9.17, 15) is 4.79 Å². The molecule has 0 aliphatic rings. The summed E-state index contributed by atoms with van der Waals surface area (Å²) in [6.45, 7) is 5.00. The van der Waals surface area contributed by atoms with Gasteiger partial charge >= 0.3 is 0 Å². The Morgan fingerprint density at radius 1 is 1.15 bits per heavy atom. The van der Waals surface area contributed by atoms with E-state index in [0.29, 0.717) is 12.2 Å². The summed E-state index contributed by atoms with van der Waals surface area (Å²) < 4.78 is 3.21. The number of aromatic nitrogens is 3. The number of rotatable bonds is 6. The Hall–Kier alpha value is -2.38. The second kappa shape index (κ2) is 7.70. The van der Waals surface area contributed by atoms with Crippen LogP contribution in [-0.4, -0.2) is 26.4 Å². The third-order valence-electron chi connectivity index (χ3n) is 4.43. The van der Waals surface area contributed by atoms with Crippen molar-refractivity contribution in [1.82, 2.24) is 14.8 Å². The Labute approximate surface area is 165 Å². The normalized spacial score (nSPS) is 11.3. The molecule has 0 aliphatic carbocycles. The monoisotopic (exact) mass is 396 g/mol. The first-order chi connectivity index (χ1) is 13.2. The second-order valence-corrected chi connectivity index (χ2v) is 8.75. The number of benzene rings is 2. The van der Waals surface area contributed by atoms with Crippen molar-refractivity contribution in [3.05, 3.63) is 47.5 Å². The predicted octanol–water partition coefficient (Wildman–Crippen LogP) is 5.10. The first-order valence-electron chi connectivity index (χ1n) is 8.89. The molecule has 27 heavy (non-hydrogen) atoms. The Balaban J connectivity index is 1.49. The smallest absolute Gasteiger partial charge is 0.225 e. The largest absolute Gasteiger partial charge is 0.341 e. The number of amides is 1. The second-order valence-electron chi connectivity index (χ2n) is 6.23. The number of nitrogens with one attached hydrogen (secondary N) is 1. The quantitative estimate of drug-likeness (QED) is 0.461. The van der Waals surface area contributed by atoms with Crippen molar-refractivity contribution in [3.63, 3.8) is 0 Å². The van der Waals surface area contributed by atoms with Gasteiger partial charge in [-0.2, -0.15) is 0 Å². The molecule has 0 unspecified atom stereocenters. The number of aryl methyl sites for hydroxylation is 2. The molecule has 1 N–H and O–H groups in total. The molecule has 0 fully saturated rings. The number of hydrogen-bond acceptors (Lipinski definition) is 5. The van der Waals surface area contributed by atoms with Crippen LogP contribution in [0.2, 0.25) is 0 Å². The van der Waals surface area contributed by atoms with Crippen LogP contribution in [0.1, 0.15) is 18.4 Å². The number of carbonyl (C=O) groups is 1. The molecule has 0 aliphatic heterocycles. The minimum Gasteiger partial charge on any atom is -0.341 e. The molecule has 5 nitrogen and oxygen atoms in total. The molecule has 0 atom stereocenters. The predicted molar refractivity (Wildman–Crippen MR) is 114 cm³/mol. The summed E-state index contributed by atoms with van der Waals surface area (Å²) in [4.78, 5) is 12.3. The van der Waals surface area contributed by atoms with E-state index in [1.165, 1.54) is 21.8 Å². The van der Waals surface area contributed by atoms with Gasteiger partial charge in [-0.15, -0.1) is 10.2 Å². The van der Waals surface area contributed by atoms with Crippen LogP contribution in [-0.2, 0) is 11.3 Å². The number of para-hydroxylation sites is 1. The SMILES string of the molecule is CCn1c2ccccc2c2cc(NC(=O)CCSc3nnc(C)s3)ccc21. The van der Waals surface area contributed by atoms with Gasteiger partial charge in [0, 0.05) is 46.2 Å². The van der Waals surface area contributed by atoms with Crippen molar-refractivity contribution in [2.24, 2.45) is 0 Å². The van der Waals surface area contributed by atoms with Gasteiger partial charge in [0.2, 0.25) is 5.91 Å². The maximum atomic E-state index is 12.3. The van der Waals surface area contributed by atoms with Crippen LogP contribution < -0.4 is 5.32 Å². The fourth-order valence-electron chi connectivity index (χ4n) is 3.26. The molecule has 4 aromatic rings. The van der Waals surface area contributed by atoms with Gasteiger partial charge in [-0.1, -0.05) is 41.3 Å². The van der Waals surface area contributed by atoms with Gasteiger partial charge in [-0.25, -0.2) is 0 Å². The van der Waals surface area contributed by atoms with E-state index in [-0.39, 0.29) is 5.91 Å². The van der Waals surface area contributed by atoms with Crippen molar-refractivity contribution in [2.45, 2.75) is 31.2 Å². The fourth-order valence-corrected chi connectivity index (χ4v) is 5.09. The van der Waals surface area contributed by atoms with E-state index in [1.807, 2.05) is 13.0 Å². The summed E-state index contributed by atoms with van der Waals surface area (Å²) in [6.07, 6.45) is 0.443. The van der Waals surface area contributed by atoms with Gasteiger partial charge in [0.1, 0.15) is 5.01 Å². The summed E-state index contributed by atoms with van der Waals surface area (Å²) in [7, 11) is 0. The average molecular weight is 397 g/mol. The van der Waals surface area contributed by atoms with Crippen molar-refractivity contribution in [2.75, 3.05) is 11.1 Å². The number of carbonyl (C=O) groups excluding carboxylic acids is 1. The van der Waals surface area contributed by atoms with Gasteiger partial charge in [0.15, 0.2) is 4.34 Å². The van der Waals surface area contributed by atoms with Crippen molar-refractivity contribution >= 4 is 56.5 Å². The topological polar surface area (TPSA) is 59.8 Å². The third-order valence-corrected chi connectivity index (χ3v) is 6.41. The zero-order chi connectivity index (χ0) is 18.8. The highest BCUT2D eigenvalue weighted by Gasteiger charge is 2.11. The summed E-state index contributed by atoms with van der Waals surface area (Å²) in [6, 6.07) is 14.5. The van der Waals surface area contributed by atoms with E-state index in [0.717, 1.165) is 21.6 Å². The summed E-state index contributed by atoms with van der Waals surface area (Å²) >= 11 is 3.13. The maximum Gasteiger partial charge on any atom is 0.225 e. The maximum absolute atomic E-state index is 12.3. The molecule has 2 heterocycles. The highest BCUT2D eigenvalue weighted by molar-refractivity contribution is 8.01. The average Bonchev–Trinajstić information content (AvgIpc) is 3.22. The summed E-state index contributed by atoms with van der Waals surface area (Å²) in [5, 5.41) is 14.4. The molecule has 2 aromatic carbocycles. The molecule has 1 amide bonds. The molecule has 0 saturated carbocycles. The van der Waals surface area contributed by atoms with E-state index >= 15 is 0 Å². The Bertz CT molecular complexity index is 1120. The van der Waals surface area contributed by atoms with E-state index in [4.69, 9.17) is 0 Å². The van der Waals surface area contributed by atoms with Crippen LogP contribution in [0.5, 0.6) is 0 Å². The Morgan fingerprint density at radius 3 is 2.74 bits per heavy atom. The zero-order valence-electron chi connectivity index (χ0n) is 15.2. The van der Waals surface area contributed by atoms with Crippen LogP contribution in [0.25, 0.3) is 21.8 Å². The first kappa shape index (κ1) is 18.0. The lowest BCUT2D eigenvalue weighted by atomic mass is 10.1. The van der Waals surface area contributed by atoms with Crippen LogP contribution in [0, 0.1) is 6.92 Å². The highest BCUT2D eigenvalue weighted by atomic mass is 32.2. The summed E-state index contributed by atoms with van der Waals surface area (Å²) in [5.41, 5.74) is 3.25. The van der Waals surface area contributed by atoms with Gasteiger partial charge in [0.05, 0.1) is 0 Å². The number of nitrogens with zero attached hydrogens (tertiary/aromatic N) is 3. The van der Waals surface area contributed by atoms with Crippen LogP contribution in [0.15, 0.2) is 46.8 Å². The lowest BCUT2D eigenvalue weighted by molar-refractivity contribution is -0.115. The minimum atomic E-state index is 0.0160. The van der Waals surface area contributed by atoms with Crippen molar-refractivity contribution in [1.29, 1.82) is 0 Å².